The molecule has 0 saturated carbocycles. The Hall–Kier alpha value is -2.52. The zero-order valence-corrected chi connectivity index (χ0v) is 13.0. The van der Waals surface area contributed by atoms with Crippen LogP contribution in [0.5, 0.6) is 5.75 Å². The Morgan fingerprint density at radius 1 is 1.04 bits per heavy atom. The van der Waals surface area contributed by atoms with Crippen molar-refractivity contribution >= 4 is 28.3 Å². The van der Waals surface area contributed by atoms with E-state index in [9.17, 15) is 15.0 Å². The lowest BCUT2D eigenvalue weighted by molar-refractivity contribution is -0.138. The summed E-state index contributed by atoms with van der Waals surface area (Å²) < 4.78 is 0. The van der Waals surface area contributed by atoms with Gasteiger partial charge in [0.25, 0.3) is 0 Å². The molecule has 0 bridgehead atoms. The smallest absolute Gasteiger partial charge is 0.311 e. The highest BCUT2D eigenvalue weighted by atomic mass is 35.5. The van der Waals surface area contributed by atoms with Gasteiger partial charge >= 0.3 is 5.97 Å². The number of hydrogen-bond acceptors (Lipinski definition) is 2. The Bertz CT molecular complexity index is 868. The van der Waals surface area contributed by atoms with E-state index in [0.29, 0.717) is 10.6 Å². The molecule has 3 aromatic rings. The number of hydrogen-bond donors (Lipinski definition) is 2. The second-order valence-electron chi connectivity index (χ2n) is 5.44. The van der Waals surface area contributed by atoms with E-state index in [4.69, 9.17) is 11.6 Å². The molecule has 0 heterocycles. The van der Waals surface area contributed by atoms with Crippen molar-refractivity contribution in [2.45, 2.75) is 12.3 Å². The lowest BCUT2D eigenvalue weighted by atomic mass is 9.88. The first-order valence-corrected chi connectivity index (χ1v) is 7.62. The van der Waals surface area contributed by atoms with Crippen LogP contribution in [-0.2, 0) is 11.2 Å². The fourth-order valence-electron chi connectivity index (χ4n) is 2.82. The van der Waals surface area contributed by atoms with E-state index in [1.807, 2.05) is 42.5 Å². The second-order valence-corrected chi connectivity index (χ2v) is 5.87. The van der Waals surface area contributed by atoms with Gasteiger partial charge in [-0.1, -0.05) is 54.1 Å². The normalized spacial score (nSPS) is 12.2. The molecule has 3 rings (SSSR count). The van der Waals surface area contributed by atoms with E-state index in [-0.39, 0.29) is 12.2 Å². The van der Waals surface area contributed by atoms with Gasteiger partial charge in [-0.3, -0.25) is 4.79 Å². The first-order valence-electron chi connectivity index (χ1n) is 7.24. The van der Waals surface area contributed by atoms with Crippen molar-refractivity contribution in [3.8, 4) is 5.75 Å². The summed E-state index contributed by atoms with van der Waals surface area (Å²) in [5, 5.41) is 22.0. The van der Waals surface area contributed by atoms with E-state index >= 15 is 0 Å². The van der Waals surface area contributed by atoms with Gasteiger partial charge in [0, 0.05) is 5.02 Å². The summed E-state index contributed by atoms with van der Waals surface area (Å²) in [6, 6.07) is 18.0. The van der Waals surface area contributed by atoms with Crippen molar-refractivity contribution in [1.29, 1.82) is 0 Å². The van der Waals surface area contributed by atoms with E-state index in [0.717, 1.165) is 16.3 Å². The molecule has 1 unspecified atom stereocenters. The van der Waals surface area contributed by atoms with Crippen LogP contribution in [-0.4, -0.2) is 16.2 Å². The Morgan fingerprint density at radius 3 is 2.57 bits per heavy atom. The van der Waals surface area contributed by atoms with Crippen LogP contribution in [0, 0.1) is 0 Å². The van der Waals surface area contributed by atoms with Crippen LogP contribution in [0.15, 0.2) is 60.7 Å². The zero-order chi connectivity index (χ0) is 16.4. The topological polar surface area (TPSA) is 57.5 Å². The summed E-state index contributed by atoms with van der Waals surface area (Å²) >= 11 is 5.96. The fraction of sp³-hybridized carbons (Fsp3) is 0.105. The number of aromatic hydroxyl groups is 1. The maximum Gasteiger partial charge on any atom is 0.311 e. The highest BCUT2D eigenvalue weighted by Gasteiger charge is 2.23. The molecule has 0 aliphatic heterocycles. The van der Waals surface area contributed by atoms with Gasteiger partial charge in [-0.05, 0) is 46.5 Å². The van der Waals surface area contributed by atoms with E-state index < -0.39 is 11.9 Å². The van der Waals surface area contributed by atoms with Gasteiger partial charge in [0.1, 0.15) is 5.75 Å². The van der Waals surface area contributed by atoms with Crippen molar-refractivity contribution in [3.05, 3.63) is 76.8 Å². The van der Waals surface area contributed by atoms with Crippen molar-refractivity contribution in [1.82, 2.24) is 0 Å². The Kier molecular flexibility index (Phi) is 4.22. The maximum absolute atomic E-state index is 11.8. The monoisotopic (exact) mass is 326 g/mol. The number of aliphatic carboxylic acids is 1. The molecule has 3 nitrogen and oxygen atoms in total. The molecule has 0 spiro atoms. The summed E-state index contributed by atoms with van der Waals surface area (Å²) in [6.07, 6.45) is 0.176. The van der Waals surface area contributed by atoms with Crippen molar-refractivity contribution in [2.75, 3.05) is 0 Å². The minimum Gasteiger partial charge on any atom is -0.508 e. The van der Waals surface area contributed by atoms with Crippen LogP contribution in [0.2, 0.25) is 5.02 Å². The second kappa shape index (κ2) is 6.31. The third-order valence-electron chi connectivity index (χ3n) is 3.96. The summed E-state index contributed by atoms with van der Waals surface area (Å²) in [5.74, 6) is -1.63. The van der Waals surface area contributed by atoms with Gasteiger partial charge in [0.15, 0.2) is 0 Å². The number of carbonyl (C=O) groups is 1. The van der Waals surface area contributed by atoms with Crippen LogP contribution in [0.4, 0.5) is 0 Å². The van der Waals surface area contributed by atoms with Crippen molar-refractivity contribution in [2.24, 2.45) is 0 Å². The molecule has 0 fully saturated rings. The molecule has 0 aromatic heterocycles. The molecular weight excluding hydrogens is 312 g/mol. The average molecular weight is 327 g/mol. The number of fused-ring (bicyclic) bond motifs is 1. The van der Waals surface area contributed by atoms with Crippen LogP contribution >= 0.6 is 11.6 Å². The number of phenolic OH excluding ortho intramolecular Hbond substituents is 1. The predicted octanol–water partition coefficient (Wildman–Crippen LogP) is 4.61. The van der Waals surface area contributed by atoms with Crippen molar-refractivity contribution < 1.29 is 15.0 Å². The minimum atomic E-state index is -0.930. The van der Waals surface area contributed by atoms with Gasteiger partial charge in [0.05, 0.1) is 5.92 Å². The maximum atomic E-state index is 11.8. The van der Waals surface area contributed by atoms with Crippen LogP contribution in [0.25, 0.3) is 10.8 Å². The number of rotatable bonds is 4. The molecular formula is C19H15ClO3. The van der Waals surface area contributed by atoms with Gasteiger partial charge < -0.3 is 10.2 Å². The predicted molar refractivity (Wildman–Crippen MR) is 91.1 cm³/mol. The number of carboxylic acids is 1. The molecule has 0 radical (unpaired) electrons. The van der Waals surface area contributed by atoms with Gasteiger partial charge in [-0.2, -0.15) is 0 Å². The Balaban J connectivity index is 2.08. The number of benzene rings is 3. The third-order valence-corrected chi connectivity index (χ3v) is 4.20. The Labute approximate surface area is 138 Å². The molecule has 0 aliphatic carbocycles. The highest BCUT2D eigenvalue weighted by Crippen LogP contribution is 2.32. The standard InChI is InChI=1S/C19H15ClO3/c20-14-8-9-18(21)13(10-14)11-17(19(22)23)16-7-3-5-12-4-1-2-6-15(12)16/h1-10,17,21H,11H2,(H,22,23). The van der Waals surface area contributed by atoms with Crippen LogP contribution < -0.4 is 0 Å². The summed E-state index contributed by atoms with van der Waals surface area (Å²) in [7, 11) is 0. The molecule has 0 saturated heterocycles. The minimum absolute atomic E-state index is 0.0564. The number of carboxylic acid groups (broad SMARTS) is 1. The van der Waals surface area contributed by atoms with Crippen molar-refractivity contribution in [3.63, 3.8) is 0 Å². The largest absolute Gasteiger partial charge is 0.508 e. The first-order chi connectivity index (χ1) is 11.1. The lowest BCUT2D eigenvalue weighted by Crippen LogP contribution is -2.15. The highest BCUT2D eigenvalue weighted by molar-refractivity contribution is 6.30. The quantitative estimate of drug-likeness (QED) is 0.736. The molecule has 0 aliphatic rings. The Morgan fingerprint density at radius 2 is 1.78 bits per heavy atom. The van der Waals surface area contributed by atoms with Crippen LogP contribution in [0.1, 0.15) is 17.0 Å². The first kappa shape index (κ1) is 15.4. The summed E-state index contributed by atoms with van der Waals surface area (Å²) in [6.45, 7) is 0. The fourth-order valence-corrected chi connectivity index (χ4v) is 3.02. The third kappa shape index (κ3) is 3.15. The molecule has 116 valence electrons. The van der Waals surface area contributed by atoms with E-state index in [1.165, 1.54) is 6.07 Å². The average Bonchev–Trinajstić information content (AvgIpc) is 2.55. The SMILES string of the molecule is O=C(O)C(Cc1cc(Cl)ccc1O)c1cccc2ccccc12. The summed E-state index contributed by atoms with van der Waals surface area (Å²) in [4.78, 5) is 11.8. The van der Waals surface area contributed by atoms with E-state index in [2.05, 4.69) is 0 Å². The molecule has 0 amide bonds. The number of halogens is 1. The number of phenols is 1. The molecule has 1 atom stereocenters. The van der Waals surface area contributed by atoms with Gasteiger partial charge in [-0.25, -0.2) is 0 Å². The molecule has 23 heavy (non-hydrogen) atoms. The molecule has 3 aromatic carbocycles. The van der Waals surface area contributed by atoms with Crippen LogP contribution in [0.3, 0.4) is 0 Å². The lowest BCUT2D eigenvalue weighted by Gasteiger charge is -2.16. The molecule has 2 N–H and O–H groups in total. The molecule has 4 heteroatoms. The van der Waals surface area contributed by atoms with Gasteiger partial charge in [-0.15, -0.1) is 0 Å². The zero-order valence-electron chi connectivity index (χ0n) is 12.2. The summed E-state index contributed by atoms with van der Waals surface area (Å²) in [5.41, 5.74) is 1.26. The van der Waals surface area contributed by atoms with E-state index in [1.54, 1.807) is 12.1 Å². The van der Waals surface area contributed by atoms with Gasteiger partial charge in [0.2, 0.25) is 0 Å².